The van der Waals surface area contributed by atoms with Crippen molar-refractivity contribution in [1.82, 2.24) is 0 Å². The number of para-hydroxylation sites is 1. The Labute approximate surface area is 113 Å². The predicted octanol–water partition coefficient (Wildman–Crippen LogP) is 4.79. The summed E-state index contributed by atoms with van der Waals surface area (Å²) >= 11 is 9.34. The molecule has 2 N–H and O–H groups in total. The molecule has 2 aromatic rings. The van der Waals surface area contributed by atoms with Crippen molar-refractivity contribution in [2.24, 2.45) is 0 Å². The van der Waals surface area contributed by atoms with Gasteiger partial charge in [-0.2, -0.15) is 0 Å². The first-order valence-corrected chi connectivity index (χ1v) is 6.23. The summed E-state index contributed by atoms with van der Waals surface area (Å²) in [7, 11) is 0. The van der Waals surface area contributed by atoms with Gasteiger partial charge < -0.3 is 10.5 Å². The first-order valence-electron chi connectivity index (χ1n) is 5.06. The summed E-state index contributed by atoms with van der Waals surface area (Å²) in [6.07, 6.45) is 0. The quantitative estimate of drug-likeness (QED) is 0.810. The fraction of sp³-hybridized carbons (Fsp3) is 0.0769. The molecule has 88 valence electrons. The highest BCUT2D eigenvalue weighted by Gasteiger charge is 2.07. The average Bonchev–Trinajstić information content (AvgIpc) is 2.30. The van der Waals surface area contributed by atoms with E-state index in [1.807, 2.05) is 25.1 Å². The number of aryl methyl sites for hydroxylation is 1. The van der Waals surface area contributed by atoms with Crippen LogP contribution in [0.4, 0.5) is 5.69 Å². The average molecular weight is 313 g/mol. The summed E-state index contributed by atoms with van der Waals surface area (Å²) in [6.45, 7) is 1.97. The Kier molecular flexibility index (Phi) is 3.60. The van der Waals surface area contributed by atoms with Gasteiger partial charge in [0, 0.05) is 4.47 Å². The molecule has 17 heavy (non-hydrogen) atoms. The maximum absolute atomic E-state index is 5.94. The molecule has 0 atom stereocenters. The molecule has 0 aliphatic rings. The van der Waals surface area contributed by atoms with E-state index < -0.39 is 0 Å². The van der Waals surface area contributed by atoms with Crippen LogP contribution in [0.15, 0.2) is 40.9 Å². The number of nitrogen functional groups attached to an aromatic ring is 1. The first kappa shape index (κ1) is 12.3. The van der Waals surface area contributed by atoms with Gasteiger partial charge in [0.25, 0.3) is 0 Å². The summed E-state index contributed by atoms with van der Waals surface area (Å²) in [4.78, 5) is 0. The zero-order valence-electron chi connectivity index (χ0n) is 9.21. The summed E-state index contributed by atoms with van der Waals surface area (Å²) < 4.78 is 6.72. The van der Waals surface area contributed by atoms with Crippen molar-refractivity contribution in [1.29, 1.82) is 0 Å². The Morgan fingerprint density at radius 1 is 1.18 bits per heavy atom. The maximum atomic E-state index is 5.94. The van der Waals surface area contributed by atoms with Gasteiger partial charge >= 0.3 is 0 Å². The molecule has 0 aliphatic heterocycles. The summed E-state index contributed by atoms with van der Waals surface area (Å²) in [5.41, 5.74) is 7.34. The van der Waals surface area contributed by atoms with Crippen molar-refractivity contribution in [3.8, 4) is 11.5 Å². The van der Waals surface area contributed by atoms with Crippen molar-refractivity contribution >= 4 is 33.2 Å². The van der Waals surface area contributed by atoms with Crippen molar-refractivity contribution in [2.45, 2.75) is 6.92 Å². The Balaban J connectivity index is 2.38. The van der Waals surface area contributed by atoms with E-state index in [0.717, 1.165) is 15.8 Å². The molecule has 0 saturated carbocycles. The van der Waals surface area contributed by atoms with E-state index in [1.54, 1.807) is 18.2 Å². The van der Waals surface area contributed by atoms with Crippen LogP contribution in [-0.4, -0.2) is 0 Å². The van der Waals surface area contributed by atoms with E-state index in [-0.39, 0.29) is 0 Å². The van der Waals surface area contributed by atoms with E-state index in [4.69, 9.17) is 22.1 Å². The lowest BCUT2D eigenvalue weighted by Gasteiger charge is -2.11. The zero-order valence-corrected chi connectivity index (χ0v) is 11.5. The van der Waals surface area contributed by atoms with Crippen LogP contribution in [0.2, 0.25) is 5.02 Å². The number of nitrogens with two attached hydrogens (primary N) is 1. The third-order valence-electron chi connectivity index (χ3n) is 2.38. The molecule has 2 nitrogen and oxygen atoms in total. The van der Waals surface area contributed by atoms with Crippen LogP contribution in [0, 0.1) is 6.92 Å². The first-order chi connectivity index (χ1) is 8.08. The number of hydrogen-bond acceptors (Lipinski definition) is 2. The van der Waals surface area contributed by atoms with Crippen LogP contribution in [0.3, 0.4) is 0 Å². The van der Waals surface area contributed by atoms with Crippen LogP contribution >= 0.6 is 27.5 Å². The van der Waals surface area contributed by atoms with Crippen LogP contribution in [-0.2, 0) is 0 Å². The van der Waals surface area contributed by atoms with Gasteiger partial charge in [0.1, 0.15) is 5.75 Å². The lowest BCUT2D eigenvalue weighted by Crippen LogP contribution is -1.94. The molecule has 0 fully saturated rings. The lowest BCUT2D eigenvalue weighted by molar-refractivity contribution is 0.481. The van der Waals surface area contributed by atoms with Crippen molar-refractivity contribution in [3.05, 3.63) is 51.5 Å². The third kappa shape index (κ3) is 2.73. The van der Waals surface area contributed by atoms with Gasteiger partial charge in [0.15, 0.2) is 5.75 Å². The van der Waals surface area contributed by atoms with E-state index in [9.17, 15) is 0 Å². The molecule has 2 rings (SSSR count). The van der Waals surface area contributed by atoms with Gasteiger partial charge in [-0.1, -0.05) is 39.7 Å². The van der Waals surface area contributed by atoms with Crippen molar-refractivity contribution in [2.75, 3.05) is 5.73 Å². The predicted molar refractivity (Wildman–Crippen MR) is 74.8 cm³/mol. The molecule has 0 bridgehead atoms. The minimum atomic E-state index is 0.452. The highest BCUT2D eigenvalue weighted by molar-refractivity contribution is 9.10. The number of hydrogen-bond donors (Lipinski definition) is 1. The van der Waals surface area contributed by atoms with Gasteiger partial charge in [-0.05, 0) is 36.8 Å². The second-order valence-corrected chi connectivity index (χ2v) is 4.99. The van der Waals surface area contributed by atoms with Gasteiger partial charge in [-0.15, -0.1) is 0 Å². The number of halogens is 2. The summed E-state index contributed by atoms with van der Waals surface area (Å²) in [5.74, 6) is 1.33. The van der Waals surface area contributed by atoms with Crippen LogP contribution in [0.25, 0.3) is 0 Å². The number of benzene rings is 2. The molecule has 4 heteroatoms. The van der Waals surface area contributed by atoms with E-state index >= 15 is 0 Å². The topological polar surface area (TPSA) is 35.2 Å². The molecule has 2 aromatic carbocycles. The second kappa shape index (κ2) is 4.98. The number of rotatable bonds is 2. The largest absolute Gasteiger partial charge is 0.455 e. The van der Waals surface area contributed by atoms with Crippen LogP contribution < -0.4 is 10.5 Å². The fourth-order valence-electron chi connectivity index (χ4n) is 1.41. The Morgan fingerprint density at radius 2 is 1.94 bits per heavy atom. The van der Waals surface area contributed by atoms with E-state index in [1.165, 1.54) is 0 Å². The van der Waals surface area contributed by atoms with Gasteiger partial charge in [0.2, 0.25) is 0 Å². The maximum Gasteiger partial charge on any atom is 0.151 e. The SMILES string of the molecule is Cc1ccc(Br)cc1Oc1cccc(Cl)c1N. The third-order valence-corrected chi connectivity index (χ3v) is 3.21. The molecule has 0 unspecified atom stereocenters. The molecule has 0 aromatic heterocycles. The number of ether oxygens (including phenoxy) is 1. The molecule has 0 amide bonds. The van der Waals surface area contributed by atoms with Crippen LogP contribution in [0.5, 0.6) is 11.5 Å². The monoisotopic (exact) mass is 311 g/mol. The second-order valence-electron chi connectivity index (χ2n) is 3.66. The van der Waals surface area contributed by atoms with Gasteiger partial charge in [-0.3, -0.25) is 0 Å². The van der Waals surface area contributed by atoms with Crippen LogP contribution in [0.1, 0.15) is 5.56 Å². The molecule has 0 heterocycles. The van der Waals surface area contributed by atoms with E-state index in [2.05, 4.69) is 15.9 Å². The van der Waals surface area contributed by atoms with Gasteiger partial charge in [0.05, 0.1) is 10.7 Å². The molecule has 0 aliphatic carbocycles. The van der Waals surface area contributed by atoms with Gasteiger partial charge in [-0.25, -0.2) is 0 Å². The van der Waals surface area contributed by atoms with Crippen molar-refractivity contribution < 1.29 is 4.74 Å². The standard InChI is InChI=1S/C13H11BrClNO/c1-8-5-6-9(14)7-12(8)17-11-4-2-3-10(15)13(11)16/h2-7H,16H2,1H3. The minimum Gasteiger partial charge on any atom is -0.455 e. The molecular weight excluding hydrogens is 302 g/mol. The normalized spacial score (nSPS) is 10.3. The van der Waals surface area contributed by atoms with Crippen molar-refractivity contribution in [3.63, 3.8) is 0 Å². The Morgan fingerprint density at radius 3 is 2.71 bits per heavy atom. The zero-order chi connectivity index (χ0) is 12.4. The smallest absolute Gasteiger partial charge is 0.151 e. The molecule has 0 radical (unpaired) electrons. The summed E-state index contributed by atoms with van der Waals surface area (Å²) in [5, 5.41) is 0.496. The minimum absolute atomic E-state index is 0.452. The Hall–Kier alpha value is -1.19. The van der Waals surface area contributed by atoms with E-state index in [0.29, 0.717) is 16.5 Å². The number of anilines is 1. The fourth-order valence-corrected chi connectivity index (χ4v) is 1.91. The Bertz CT molecular complexity index is 557. The molecular formula is C13H11BrClNO. The molecule has 0 spiro atoms. The lowest BCUT2D eigenvalue weighted by atomic mass is 10.2. The highest BCUT2D eigenvalue weighted by Crippen LogP contribution is 2.34. The molecule has 0 saturated heterocycles. The highest BCUT2D eigenvalue weighted by atomic mass is 79.9. The summed E-state index contributed by atoms with van der Waals surface area (Å²) in [6, 6.07) is 11.2.